The first-order valence-corrected chi connectivity index (χ1v) is 12.1. The summed E-state index contributed by atoms with van der Waals surface area (Å²) in [6.45, 7) is 1.39. The Hall–Kier alpha value is -3.46. The highest BCUT2D eigenvalue weighted by atomic mass is 32.1. The lowest BCUT2D eigenvalue weighted by Crippen LogP contribution is -2.48. The van der Waals surface area contributed by atoms with E-state index >= 15 is 0 Å². The summed E-state index contributed by atoms with van der Waals surface area (Å²) < 4.78 is 93.4. The molecular weight excluding hydrogens is 538 g/mol. The van der Waals surface area contributed by atoms with Crippen LogP contribution in [-0.4, -0.2) is 39.4 Å². The molecule has 4 rings (SSSR count). The molecule has 0 bridgehead atoms. The van der Waals surface area contributed by atoms with E-state index in [0.717, 1.165) is 17.3 Å². The summed E-state index contributed by atoms with van der Waals surface area (Å²) in [7, 11) is 0. The molecule has 0 unspecified atom stereocenters. The summed E-state index contributed by atoms with van der Waals surface area (Å²) in [6.07, 6.45) is -5.75. The molecule has 0 aliphatic carbocycles. The zero-order valence-electron chi connectivity index (χ0n) is 19.6. The van der Waals surface area contributed by atoms with Crippen molar-refractivity contribution in [2.24, 2.45) is 0 Å². The van der Waals surface area contributed by atoms with Crippen molar-refractivity contribution in [2.45, 2.75) is 37.2 Å². The summed E-state index contributed by atoms with van der Waals surface area (Å²) in [5.74, 6) is 0.295. The predicted molar refractivity (Wildman–Crippen MR) is 126 cm³/mol. The van der Waals surface area contributed by atoms with Gasteiger partial charge in [0.1, 0.15) is 12.3 Å². The number of amides is 2. The van der Waals surface area contributed by atoms with Gasteiger partial charge in [-0.25, -0.2) is 4.79 Å². The molecule has 0 spiro atoms. The van der Waals surface area contributed by atoms with Gasteiger partial charge in [0, 0.05) is 30.0 Å². The minimum atomic E-state index is -5.03. The number of aromatic nitrogens is 3. The highest BCUT2D eigenvalue weighted by Crippen LogP contribution is 2.39. The van der Waals surface area contributed by atoms with E-state index in [0.29, 0.717) is 49.6 Å². The van der Waals surface area contributed by atoms with Gasteiger partial charge in [0.2, 0.25) is 5.88 Å². The maximum atomic E-state index is 13.2. The van der Waals surface area contributed by atoms with Crippen molar-refractivity contribution < 1.29 is 35.9 Å². The number of hydrogen-bond donors (Lipinski definition) is 3. The third kappa shape index (κ3) is 6.69. The van der Waals surface area contributed by atoms with E-state index in [1.807, 2.05) is 0 Å². The normalized spacial score (nSPS) is 15.6. The molecule has 3 heterocycles. The topological polar surface area (TPSA) is 101 Å². The van der Waals surface area contributed by atoms with Crippen LogP contribution in [0.4, 0.5) is 36.8 Å². The number of benzene rings is 1. The molecule has 3 N–H and O–H groups in total. The minimum absolute atomic E-state index is 0.00261. The Balaban J connectivity index is 1.50. The van der Waals surface area contributed by atoms with Gasteiger partial charge in [0.15, 0.2) is 0 Å². The summed E-state index contributed by atoms with van der Waals surface area (Å²) in [4.78, 5) is 16.6. The van der Waals surface area contributed by atoms with Crippen LogP contribution in [0.2, 0.25) is 0 Å². The second-order valence-electron chi connectivity index (χ2n) is 8.69. The van der Waals surface area contributed by atoms with Gasteiger partial charge < -0.3 is 20.7 Å². The molecule has 204 valence electrons. The van der Waals surface area contributed by atoms with Crippen molar-refractivity contribution in [3.8, 4) is 5.88 Å². The van der Waals surface area contributed by atoms with Crippen LogP contribution >= 0.6 is 11.7 Å². The average molecular weight is 561 g/mol. The number of anilines is 1. The van der Waals surface area contributed by atoms with E-state index < -0.39 is 40.6 Å². The van der Waals surface area contributed by atoms with Crippen molar-refractivity contribution in [1.29, 1.82) is 0 Å². The van der Waals surface area contributed by atoms with Gasteiger partial charge in [-0.15, -0.1) is 4.37 Å². The zero-order chi connectivity index (χ0) is 27.4. The van der Waals surface area contributed by atoms with Crippen molar-refractivity contribution in [3.05, 3.63) is 65.1 Å². The lowest BCUT2D eigenvalue weighted by atomic mass is 9.76. The number of piperidine rings is 1. The maximum absolute atomic E-state index is 13.2. The maximum Gasteiger partial charge on any atom is 0.416 e. The standard InChI is InChI=1S/C23H22F6N6O2S/c24-22(25,26)15-9-16(23(27,28)29)11-17(10-15)33-20(36)32-13-21(3-7-31-8-4-21)18-19(35-38-34-18)37-12-14-1-5-30-6-2-14/h1-2,5-6,9-11,31H,3-4,7-8,12-13H2,(H2,32,33,36). The molecule has 1 aromatic carbocycles. The smallest absolute Gasteiger partial charge is 0.416 e. The fourth-order valence-electron chi connectivity index (χ4n) is 4.08. The highest BCUT2D eigenvalue weighted by molar-refractivity contribution is 6.99. The predicted octanol–water partition coefficient (Wildman–Crippen LogP) is 4.99. The minimum Gasteiger partial charge on any atom is -0.471 e. The highest BCUT2D eigenvalue weighted by Gasteiger charge is 2.40. The van der Waals surface area contributed by atoms with Crippen molar-refractivity contribution >= 4 is 23.4 Å². The number of carbonyl (C=O) groups is 1. The van der Waals surface area contributed by atoms with Gasteiger partial charge in [-0.2, -0.15) is 30.7 Å². The molecule has 0 radical (unpaired) electrons. The molecule has 3 aromatic rings. The van der Waals surface area contributed by atoms with E-state index in [2.05, 4.69) is 29.7 Å². The molecular formula is C23H22F6N6O2S. The van der Waals surface area contributed by atoms with E-state index in [1.54, 1.807) is 24.5 Å². The summed E-state index contributed by atoms with van der Waals surface area (Å²) >= 11 is 0.939. The Bertz CT molecular complexity index is 1210. The van der Waals surface area contributed by atoms with Gasteiger partial charge in [-0.1, -0.05) is 0 Å². The fraction of sp³-hybridized carbons (Fsp3) is 0.391. The van der Waals surface area contributed by atoms with Crippen molar-refractivity contribution in [3.63, 3.8) is 0 Å². The Morgan fingerprint density at radius 3 is 2.24 bits per heavy atom. The molecule has 0 saturated carbocycles. The fourth-order valence-corrected chi connectivity index (χ4v) is 4.69. The van der Waals surface area contributed by atoms with Gasteiger partial charge in [-0.05, 0) is 61.8 Å². The number of hydrogen-bond acceptors (Lipinski definition) is 7. The van der Waals surface area contributed by atoms with E-state index in [4.69, 9.17) is 4.74 Å². The molecule has 2 aromatic heterocycles. The molecule has 0 atom stereocenters. The molecule has 8 nitrogen and oxygen atoms in total. The number of pyridine rings is 1. The first-order chi connectivity index (χ1) is 18.0. The van der Waals surface area contributed by atoms with Gasteiger partial charge in [0.05, 0.1) is 22.9 Å². The molecule has 1 saturated heterocycles. The number of nitrogens with zero attached hydrogens (tertiary/aromatic N) is 3. The van der Waals surface area contributed by atoms with Crippen LogP contribution in [0.15, 0.2) is 42.7 Å². The second-order valence-corrected chi connectivity index (χ2v) is 9.22. The third-order valence-corrected chi connectivity index (χ3v) is 6.59. The lowest BCUT2D eigenvalue weighted by molar-refractivity contribution is -0.143. The molecule has 1 aliphatic rings. The monoisotopic (exact) mass is 560 g/mol. The first-order valence-electron chi connectivity index (χ1n) is 11.4. The van der Waals surface area contributed by atoms with Crippen LogP contribution in [-0.2, 0) is 24.4 Å². The first kappa shape index (κ1) is 27.6. The number of ether oxygens (including phenoxy) is 1. The molecule has 1 fully saturated rings. The third-order valence-electron chi connectivity index (χ3n) is 6.08. The zero-order valence-corrected chi connectivity index (χ0v) is 20.4. The SMILES string of the molecule is O=C(NCC1(c2nsnc2OCc2ccncc2)CCNCC1)Nc1cc(C(F)(F)F)cc(C(F)(F)F)c1. The molecule has 2 amide bonds. The molecule has 15 heteroatoms. The van der Waals surface area contributed by atoms with Crippen molar-refractivity contribution in [1.82, 2.24) is 24.4 Å². The number of carbonyl (C=O) groups excluding carboxylic acids is 1. The van der Waals surface area contributed by atoms with E-state index in [9.17, 15) is 31.1 Å². The number of rotatable bonds is 7. The van der Waals surface area contributed by atoms with E-state index in [1.165, 1.54) is 0 Å². The summed E-state index contributed by atoms with van der Waals surface area (Å²) in [5.41, 5.74) is -3.02. The van der Waals surface area contributed by atoms with Crippen LogP contribution in [0.1, 0.15) is 35.2 Å². The van der Waals surface area contributed by atoms with Gasteiger partial charge in [0.25, 0.3) is 0 Å². The van der Waals surface area contributed by atoms with Crippen LogP contribution in [0.3, 0.4) is 0 Å². The largest absolute Gasteiger partial charge is 0.471 e. The quantitative estimate of drug-likeness (QED) is 0.352. The van der Waals surface area contributed by atoms with Crippen LogP contribution in [0, 0.1) is 0 Å². The Morgan fingerprint density at radius 1 is 1.00 bits per heavy atom. The van der Waals surface area contributed by atoms with Crippen molar-refractivity contribution in [2.75, 3.05) is 25.0 Å². The van der Waals surface area contributed by atoms with Gasteiger partial charge >= 0.3 is 18.4 Å². The average Bonchev–Trinajstić information content (AvgIpc) is 3.36. The second kappa shape index (κ2) is 11.1. The van der Waals surface area contributed by atoms with Crippen LogP contribution in [0.25, 0.3) is 0 Å². The Morgan fingerprint density at radius 2 is 1.63 bits per heavy atom. The number of urea groups is 1. The molecule has 38 heavy (non-hydrogen) atoms. The Kier molecular flexibility index (Phi) is 8.06. The summed E-state index contributed by atoms with van der Waals surface area (Å²) in [6, 6.07) is 3.50. The Labute approximate surface area is 217 Å². The number of alkyl halides is 6. The van der Waals surface area contributed by atoms with Crippen LogP contribution < -0.4 is 20.7 Å². The number of halogens is 6. The number of nitrogens with one attached hydrogen (secondary N) is 3. The molecule has 1 aliphatic heterocycles. The van der Waals surface area contributed by atoms with E-state index in [-0.39, 0.29) is 19.2 Å². The lowest BCUT2D eigenvalue weighted by Gasteiger charge is -2.36. The van der Waals surface area contributed by atoms with Gasteiger partial charge in [-0.3, -0.25) is 4.98 Å². The summed E-state index contributed by atoms with van der Waals surface area (Å²) in [5, 5.41) is 7.89. The van der Waals surface area contributed by atoms with Crippen LogP contribution in [0.5, 0.6) is 5.88 Å².